The van der Waals surface area contributed by atoms with Crippen LogP contribution in [0.25, 0.3) is 0 Å². The SMILES string of the molecule is O=S(=O)(c1ccc(Cl)s1)N1CCN(C(=S)NCCSc2ccccc2)CC1. The predicted octanol–water partition coefficient (Wildman–Crippen LogP) is 3.37. The Balaban J connectivity index is 1.42. The molecule has 0 aliphatic carbocycles. The molecular weight excluding hydrogens is 442 g/mol. The molecule has 2 aromatic rings. The van der Waals surface area contributed by atoms with Crippen molar-refractivity contribution in [3.63, 3.8) is 0 Å². The fourth-order valence-electron chi connectivity index (χ4n) is 2.65. The molecule has 1 saturated heterocycles. The largest absolute Gasteiger partial charge is 0.362 e. The number of rotatable bonds is 6. The number of halogens is 1. The van der Waals surface area contributed by atoms with Gasteiger partial charge in [-0.15, -0.1) is 23.1 Å². The lowest BCUT2D eigenvalue weighted by Gasteiger charge is -2.35. The summed E-state index contributed by atoms with van der Waals surface area (Å²) < 4.78 is 27.5. The molecule has 0 amide bonds. The number of thioether (sulfide) groups is 1. The molecule has 0 bridgehead atoms. The van der Waals surface area contributed by atoms with Gasteiger partial charge in [0.25, 0.3) is 10.0 Å². The third-order valence-corrected chi connectivity index (χ3v) is 9.07. The Kier molecular flexibility index (Phi) is 7.41. The van der Waals surface area contributed by atoms with Gasteiger partial charge in [-0.05, 0) is 36.5 Å². The van der Waals surface area contributed by atoms with Crippen molar-refractivity contribution in [3.8, 4) is 0 Å². The molecule has 5 nitrogen and oxygen atoms in total. The number of nitrogens with zero attached hydrogens (tertiary/aromatic N) is 2. The van der Waals surface area contributed by atoms with Crippen molar-refractivity contribution in [3.05, 3.63) is 46.8 Å². The van der Waals surface area contributed by atoms with Crippen molar-refractivity contribution in [2.24, 2.45) is 0 Å². The van der Waals surface area contributed by atoms with E-state index in [1.165, 1.54) is 9.20 Å². The molecule has 1 aromatic heterocycles. The molecule has 1 aliphatic rings. The number of thiophene rings is 1. The molecule has 0 radical (unpaired) electrons. The Morgan fingerprint density at radius 2 is 1.85 bits per heavy atom. The minimum Gasteiger partial charge on any atom is -0.362 e. The van der Waals surface area contributed by atoms with Gasteiger partial charge in [0.15, 0.2) is 5.11 Å². The van der Waals surface area contributed by atoms with Crippen LogP contribution in [0.3, 0.4) is 0 Å². The first kappa shape index (κ1) is 20.9. The van der Waals surface area contributed by atoms with E-state index >= 15 is 0 Å². The van der Waals surface area contributed by atoms with Gasteiger partial charge < -0.3 is 10.2 Å². The van der Waals surface area contributed by atoms with Crippen molar-refractivity contribution >= 4 is 62.1 Å². The van der Waals surface area contributed by atoms with E-state index in [1.54, 1.807) is 23.9 Å². The molecule has 0 unspecified atom stereocenters. The highest BCUT2D eigenvalue weighted by Gasteiger charge is 2.30. The number of thiocarbonyl (C=S) groups is 1. The van der Waals surface area contributed by atoms with Crippen LogP contribution in [0.15, 0.2) is 51.6 Å². The van der Waals surface area contributed by atoms with E-state index in [4.69, 9.17) is 23.8 Å². The minimum absolute atomic E-state index is 0.291. The average molecular weight is 462 g/mol. The quantitative estimate of drug-likeness (QED) is 0.404. The molecule has 1 N–H and O–H groups in total. The van der Waals surface area contributed by atoms with Crippen LogP contribution >= 0.6 is 46.9 Å². The van der Waals surface area contributed by atoms with E-state index in [0.717, 1.165) is 23.6 Å². The zero-order valence-electron chi connectivity index (χ0n) is 14.5. The third-order valence-electron chi connectivity index (χ3n) is 4.06. The third kappa shape index (κ3) is 5.58. The smallest absolute Gasteiger partial charge is 0.252 e. The van der Waals surface area contributed by atoms with Gasteiger partial charge in [-0.1, -0.05) is 29.8 Å². The van der Waals surface area contributed by atoms with Crippen LogP contribution in [0.5, 0.6) is 0 Å². The van der Waals surface area contributed by atoms with Crippen LogP contribution in [0.4, 0.5) is 0 Å². The molecule has 0 spiro atoms. The molecule has 146 valence electrons. The van der Waals surface area contributed by atoms with Crippen molar-refractivity contribution in [2.75, 3.05) is 38.5 Å². The first-order valence-electron chi connectivity index (χ1n) is 8.43. The Morgan fingerprint density at radius 1 is 1.15 bits per heavy atom. The lowest BCUT2D eigenvalue weighted by molar-refractivity contribution is 0.264. The monoisotopic (exact) mass is 461 g/mol. The topological polar surface area (TPSA) is 52.7 Å². The summed E-state index contributed by atoms with van der Waals surface area (Å²) in [5.41, 5.74) is 0. The Hall–Kier alpha value is -0.840. The van der Waals surface area contributed by atoms with Gasteiger partial charge in [-0.2, -0.15) is 4.31 Å². The van der Waals surface area contributed by atoms with Crippen molar-refractivity contribution < 1.29 is 8.42 Å². The Bertz CT molecular complexity index is 865. The number of nitrogens with one attached hydrogen (secondary N) is 1. The maximum atomic E-state index is 12.6. The molecule has 2 heterocycles. The zero-order valence-corrected chi connectivity index (χ0v) is 18.5. The van der Waals surface area contributed by atoms with Gasteiger partial charge >= 0.3 is 0 Å². The van der Waals surface area contributed by atoms with Crippen LogP contribution in [-0.4, -0.2) is 61.2 Å². The summed E-state index contributed by atoms with van der Waals surface area (Å²) in [6.07, 6.45) is 0. The second-order valence-electron chi connectivity index (χ2n) is 5.84. The minimum atomic E-state index is -3.47. The highest BCUT2D eigenvalue weighted by molar-refractivity contribution is 7.99. The second kappa shape index (κ2) is 9.58. The van der Waals surface area contributed by atoms with E-state index in [0.29, 0.717) is 39.8 Å². The Labute approximate surface area is 178 Å². The summed E-state index contributed by atoms with van der Waals surface area (Å²) in [6.45, 7) is 2.76. The van der Waals surface area contributed by atoms with Crippen LogP contribution in [0.1, 0.15) is 0 Å². The summed E-state index contributed by atoms with van der Waals surface area (Å²) in [7, 11) is -3.47. The zero-order chi connectivity index (χ0) is 19.3. The summed E-state index contributed by atoms with van der Waals surface area (Å²) in [5.74, 6) is 0.914. The van der Waals surface area contributed by atoms with E-state index in [1.807, 2.05) is 23.1 Å². The van der Waals surface area contributed by atoms with Gasteiger partial charge in [0.05, 0.1) is 4.34 Å². The summed E-state index contributed by atoms with van der Waals surface area (Å²) in [5, 5.41) is 3.94. The molecule has 1 fully saturated rings. The number of benzene rings is 1. The number of piperazine rings is 1. The van der Waals surface area contributed by atoms with Crippen molar-refractivity contribution in [1.29, 1.82) is 0 Å². The fourth-order valence-corrected chi connectivity index (χ4v) is 6.78. The highest BCUT2D eigenvalue weighted by atomic mass is 35.5. The van der Waals surface area contributed by atoms with Gasteiger partial charge in [-0.25, -0.2) is 8.42 Å². The molecule has 1 aliphatic heterocycles. The average Bonchev–Trinajstić information content (AvgIpc) is 3.13. The summed E-state index contributed by atoms with van der Waals surface area (Å²) in [6, 6.07) is 13.4. The summed E-state index contributed by atoms with van der Waals surface area (Å²) >= 11 is 14.2. The van der Waals surface area contributed by atoms with Crippen LogP contribution in [0, 0.1) is 0 Å². The maximum absolute atomic E-state index is 12.6. The number of hydrogen-bond acceptors (Lipinski definition) is 5. The van der Waals surface area contributed by atoms with Gasteiger partial charge in [0.2, 0.25) is 0 Å². The highest BCUT2D eigenvalue weighted by Crippen LogP contribution is 2.28. The molecular formula is C17H20ClN3O2S4. The Morgan fingerprint density at radius 3 is 2.48 bits per heavy atom. The summed E-state index contributed by atoms with van der Waals surface area (Å²) in [4.78, 5) is 3.26. The molecule has 3 rings (SSSR count). The van der Waals surface area contributed by atoms with E-state index in [9.17, 15) is 8.42 Å². The van der Waals surface area contributed by atoms with Crippen molar-refractivity contribution in [2.45, 2.75) is 9.10 Å². The molecule has 0 saturated carbocycles. The first-order chi connectivity index (χ1) is 13.0. The lowest BCUT2D eigenvalue weighted by Crippen LogP contribution is -2.53. The molecule has 27 heavy (non-hydrogen) atoms. The van der Waals surface area contributed by atoms with Gasteiger partial charge in [-0.3, -0.25) is 0 Å². The van der Waals surface area contributed by atoms with Gasteiger partial charge in [0, 0.05) is 43.4 Å². The number of sulfonamides is 1. The predicted molar refractivity (Wildman–Crippen MR) is 117 cm³/mol. The molecule has 10 heteroatoms. The van der Waals surface area contributed by atoms with Crippen molar-refractivity contribution in [1.82, 2.24) is 14.5 Å². The van der Waals surface area contributed by atoms with Gasteiger partial charge in [0.1, 0.15) is 4.21 Å². The molecule has 0 atom stereocenters. The van der Waals surface area contributed by atoms with E-state index < -0.39 is 10.0 Å². The lowest BCUT2D eigenvalue weighted by atomic mass is 10.4. The van der Waals surface area contributed by atoms with E-state index in [-0.39, 0.29) is 0 Å². The van der Waals surface area contributed by atoms with Crippen LogP contribution in [-0.2, 0) is 10.0 Å². The standard InChI is InChI=1S/C17H20ClN3O2S4/c18-15-6-7-16(26-15)27(22,23)21-11-9-20(10-12-21)17(24)19-8-13-25-14-4-2-1-3-5-14/h1-7H,8-13H2,(H,19,24). The second-order valence-corrected chi connectivity index (χ2v) is 11.3. The van der Waals surface area contributed by atoms with Crippen LogP contribution < -0.4 is 5.32 Å². The van der Waals surface area contributed by atoms with E-state index in [2.05, 4.69) is 17.4 Å². The number of hydrogen-bond donors (Lipinski definition) is 1. The first-order valence-corrected chi connectivity index (χ1v) is 12.5. The maximum Gasteiger partial charge on any atom is 0.252 e. The van der Waals surface area contributed by atoms with Crippen LogP contribution in [0.2, 0.25) is 4.34 Å². The fraction of sp³-hybridized carbons (Fsp3) is 0.353. The molecule has 1 aromatic carbocycles. The normalized spacial score (nSPS) is 15.7.